The van der Waals surface area contributed by atoms with Crippen LogP contribution in [0, 0.1) is 0 Å². The number of carbonyl (C=O) groups excluding carboxylic acids is 1. The largest absolute Gasteiger partial charge is 0.486 e. The van der Waals surface area contributed by atoms with Crippen LogP contribution in [0.2, 0.25) is 0 Å². The van der Waals surface area contributed by atoms with Crippen LogP contribution in [0.15, 0.2) is 59.3 Å². The summed E-state index contributed by atoms with van der Waals surface area (Å²) in [7, 11) is 0. The average molecular weight is 376 g/mol. The highest BCUT2D eigenvalue weighted by Crippen LogP contribution is 2.34. The van der Waals surface area contributed by atoms with Crippen molar-refractivity contribution < 1.29 is 23.5 Å². The molecule has 1 aliphatic rings. The van der Waals surface area contributed by atoms with Crippen LogP contribution in [0.1, 0.15) is 16.1 Å². The van der Waals surface area contributed by atoms with E-state index in [4.69, 9.17) is 18.7 Å². The van der Waals surface area contributed by atoms with E-state index >= 15 is 0 Å². The number of carbonyl (C=O) groups is 1. The molecule has 0 amide bonds. The zero-order chi connectivity index (χ0) is 18.9. The number of nitrogens with zero attached hydrogens (tertiary/aromatic N) is 1. The van der Waals surface area contributed by atoms with Crippen LogP contribution in [0.3, 0.4) is 0 Å². The molecule has 0 fully saturated rings. The Hall–Kier alpha value is -3.74. The second-order valence-corrected chi connectivity index (χ2v) is 6.37. The Kier molecular flexibility index (Phi) is 3.97. The van der Waals surface area contributed by atoms with Gasteiger partial charge in [-0.2, -0.15) is 0 Å². The van der Waals surface area contributed by atoms with Gasteiger partial charge in [0.15, 0.2) is 17.3 Å². The number of rotatable bonds is 4. The molecule has 5 rings (SSSR count). The molecule has 0 atom stereocenters. The number of nitrogens with one attached hydrogen (secondary N) is 1. The topological polar surface area (TPSA) is 86.6 Å². The summed E-state index contributed by atoms with van der Waals surface area (Å²) in [6.45, 7) is 1.08. The zero-order valence-electron chi connectivity index (χ0n) is 14.8. The average Bonchev–Trinajstić information content (AvgIpc) is 3.39. The molecule has 2 aromatic carbocycles. The van der Waals surface area contributed by atoms with Gasteiger partial charge in [-0.3, -0.25) is 0 Å². The number of esters is 1. The highest BCUT2D eigenvalue weighted by Gasteiger charge is 2.17. The molecule has 28 heavy (non-hydrogen) atoms. The number of para-hydroxylation sites is 1. The van der Waals surface area contributed by atoms with Crippen molar-refractivity contribution in [3.8, 4) is 22.8 Å². The molecule has 7 nitrogen and oxygen atoms in total. The normalized spacial score (nSPS) is 12.9. The summed E-state index contributed by atoms with van der Waals surface area (Å²) < 4.78 is 21.9. The van der Waals surface area contributed by atoms with Crippen LogP contribution in [0.5, 0.6) is 11.5 Å². The minimum atomic E-state index is -0.415. The summed E-state index contributed by atoms with van der Waals surface area (Å²) in [6.07, 6.45) is 1.65. The zero-order valence-corrected chi connectivity index (χ0v) is 14.8. The standard InChI is InChI=1S/C21H16N2O5/c24-21(16-11-22-17-4-2-1-3-15(16)17)27-12-14-10-19(28-23-14)13-5-6-18-20(9-13)26-8-7-25-18/h1-6,9-11,22H,7-8,12H2. The number of aromatic nitrogens is 2. The summed E-state index contributed by atoms with van der Waals surface area (Å²) in [4.78, 5) is 15.5. The van der Waals surface area contributed by atoms with Gasteiger partial charge in [0.25, 0.3) is 0 Å². The number of fused-ring (bicyclic) bond motifs is 2. The fraction of sp³-hybridized carbons (Fsp3) is 0.143. The molecular weight excluding hydrogens is 360 g/mol. The third kappa shape index (κ3) is 2.96. The number of ether oxygens (including phenoxy) is 3. The number of hydrogen-bond acceptors (Lipinski definition) is 6. The van der Waals surface area contributed by atoms with Gasteiger partial charge < -0.3 is 23.7 Å². The number of aromatic amines is 1. The third-order valence-corrected chi connectivity index (χ3v) is 4.55. The number of hydrogen-bond donors (Lipinski definition) is 1. The van der Waals surface area contributed by atoms with Crippen molar-refractivity contribution in [1.82, 2.24) is 10.1 Å². The lowest BCUT2D eigenvalue weighted by atomic mass is 10.1. The smallest absolute Gasteiger partial charge is 0.340 e. The van der Waals surface area contributed by atoms with Gasteiger partial charge in [0, 0.05) is 28.7 Å². The maximum atomic E-state index is 12.4. The molecule has 140 valence electrons. The molecule has 2 aromatic heterocycles. The first kappa shape index (κ1) is 16.4. The minimum Gasteiger partial charge on any atom is -0.486 e. The van der Waals surface area contributed by atoms with Crippen LogP contribution in [0.25, 0.3) is 22.2 Å². The van der Waals surface area contributed by atoms with Gasteiger partial charge in [-0.1, -0.05) is 23.4 Å². The maximum absolute atomic E-state index is 12.4. The van der Waals surface area contributed by atoms with Gasteiger partial charge in [-0.15, -0.1) is 0 Å². The first-order valence-corrected chi connectivity index (χ1v) is 8.87. The van der Waals surface area contributed by atoms with Crippen molar-refractivity contribution in [1.29, 1.82) is 0 Å². The summed E-state index contributed by atoms with van der Waals surface area (Å²) in [6, 6.07) is 14.9. The fourth-order valence-corrected chi connectivity index (χ4v) is 3.17. The van der Waals surface area contributed by atoms with Crippen molar-refractivity contribution in [3.05, 3.63) is 66.0 Å². The fourth-order valence-electron chi connectivity index (χ4n) is 3.17. The lowest BCUT2D eigenvalue weighted by molar-refractivity contribution is 0.0466. The minimum absolute atomic E-state index is 0.0202. The van der Waals surface area contributed by atoms with E-state index in [1.807, 2.05) is 42.5 Å². The SMILES string of the molecule is O=C(OCc1cc(-c2ccc3c(c2)OCCO3)on1)c1c[nH]c2ccccc12. The van der Waals surface area contributed by atoms with E-state index in [9.17, 15) is 4.79 Å². The Labute approximate surface area is 159 Å². The Balaban J connectivity index is 1.30. The van der Waals surface area contributed by atoms with Gasteiger partial charge in [0.05, 0.1) is 5.56 Å². The molecule has 3 heterocycles. The highest BCUT2D eigenvalue weighted by atomic mass is 16.6. The van der Waals surface area contributed by atoms with Crippen molar-refractivity contribution in [2.75, 3.05) is 13.2 Å². The molecular formula is C21H16N2O5. The predicted octanol–water partition coefficient (Wildman–Crippen LogP) is 3.95. The van der Waals surface area contributed by atoms with Gasteiger partial charge in [0.2, 0.25) is 0 Å². The monoisotopic (exact) mass is 376 g/mol. The first-order valence-electron chi connectivity index (χ1n) is 8.87. The molecule has 7 heteroatoms. The van der Waals surface area contributed by atoms with Gasteiger partial charge >= 0.3 is 5.97 Å². The highest BCUT2D eigenvalue weighted by molar-refractivity contribution is 6.03. The van der Waals surface area contributed by atoms with Gasteiger partial charge in [-0.25, -0.2) is 4.79 Å². The van der Waals surface area contributed by atoms with E-state index < -0.39 is 5.97 Å². The molecule has 0 radical (unpaired) electrons. The molecule has 0 saturated heterocycles. The summed E-state index contributed by atoms with van der Waals surface area (Å²) in [5, 5.41) is 4.81. The molecule has 4 aromatic rings. The van der Waals surface area contributed by atoms with Crippen LogP contribution in [0.4, 0.5) is 0 Å². The van der Waals surface area contributed by atoms with Crippen molar-refractivity contribution in [2.24, 2.45) is 0 Å². The molecule has 1 aliphatic heterocycles. The Morgan fingerprint density at radius 3 is 2.86 bits per heavy atom. The molecule has 0 unspecified atom stereocenters. The lowest BCUT2D eigenvalue weighted by Gasteiger charge is -2.18. The lowest BCUT2D eigenvalue weighted by Crippen LogP contribution is -2.15. The molecule has 0 saturated carbocycles. The Morgan fingerprint density at radius 2 is 1.93 bits per heavy atom. The summed E-state index contributed by atoms with van der Waals surface area (Å²) in [5.74, 6) is 1.53. The van der Waals surface area contributed by atoms with E-state index in [2.05, 4.69) is 10.1 Å². The molecule has 0 aliphatic carbocycles. The number of H-pyrrole nitrogens is 1. The summed E-state index contributed by atoms with van der Waals surface area (Å²) in [5.41, 5.74) is 2.71. The van der Waals surface area contributed by atoms with E-state index in [-0.39, 0.29) is 6.61 Å². The molecule has 0 bridgehead atoms. The Morgan fingerprint density at radius 1 is 1.07 bits per heavy atom. The predicted molar refractivity (Wildman–Crippen MR) is 100 cm³/mol. The van der Waals surface area contributed by atoms with Crippen molar-refractivity contribution in [3.63, 3.8) is 0 Å². The number of benzene rings is 2. The van der Waals surface area contributed by atoms with Crippen molar-refractivity contribution in [2.45, 2.75) is 6.61 Å². The van der Waals surface area contributed by atoms with E-state index in [0.717, 1.165) is 16.5 Å². The van der Waals surface area contributed by atoms with Crippen LogP contribution >= 0.6 is 0 Å². The first-order chi connectivity index (χ1) is 13.8. The molecule has 1 N–H and O–H groups in total. The van der Waals surface area contributed by atoms with Crippen LogP contribution in [-0.2, 0) is 11.3 Å². The quantitative estimate of drug-likeness (QED) is 0.543. The Bertz CT molecular complexity index is 1160. The van der Waals surface area contributed by atoms with Crippen LogP contribution < -0.4 is 9.47 Å². The second kappa shape index (κ2) is 6.77. The van der Waals surface area contributed by atoms with Gasteiger partial charge in [0.1, 0.15) is 25.5 Å². The van der Waals surface area contributed by atoms with Gasteiger partial charge in [-0.05, 0) is 24.3 Å². The molecule has 0 spiro atoms. The van der Waals surface area contributed by atoms with E-state index in [1.54, 1.807) is 12.3 Å². The third-order valence-electron chi connectivity index (χ3n) is 4.55. The summed E-state index contributed by atoms with van der Waals surface area (Å²) >= 11 is 0. The maximum Gasteiger partial charge on any atom is 0.340 e. The van der Waals surface area contributed by atoms with Crippen molar-refractivity contribution >= 4 is 16.9 Å². The van der Waals surface area contributed by atoms with Crippen LogP contribution in [-0.4, -0.2) is 29.3 Å². The van der Waals surface area contributed by atoms with E-state index in [1.165, 1.54) is 0 Å². The second-order valence-electron chi connectivity index (χ2n) is 6.37. The van der Waals surface area contributed by atoms with E-state index in [0.29, 0.717) is 41.7 Å².